The summed E-state index contributed by atoms with van der Waals surface area (Å²) in [5.74, 6) is 0.915. The Kier molecular flexibility index (Phi) is 3.24. The van der Waals surface area contributed by atoms with E-state index < -0.39 is 0 Å². The molecular formula is C16H18N4. The molecule has 0 fully saturated rings. The number of nitrogens with zero attached hydrogens (tertiary/aromatic N) is 3. The fourth-order valence-electron chi connectivity index (χ4n) is 2.55. The summed E-state index contributed by atoms with van der Waals surface area (Å²) in [7, 11) is 1.95. The first-order valence-corrected chi connectivity index (χ1v) is 6.75. The molecule has 0 atom stereocenters. The number of para-hydroxylation sites is 1. The van der Waals surface area contributed by atoms with Gasteiger partial charge in [-0.25, -0.2) is 9.67 Å². The average Bonchev–Trinajstić information content (AvgIpc) is 2.85. The molecule has 0 aliphatic rings. The van der Waals surface area contributed by atoms with Crippen molar-refractivity contribution < 1.29 is 0 Å². The largest absolute Gasteiger partial charge is 0.316 e. The Bertz CT molecular complexity index is 758. The van der Waals surface area contributed by atoms with E-state index in [1.165, 1.54) is 11.1 Å². The summed E-state index contributed by atoms with van der Waals surface area (Å²) in [6.45, 7) is 4.92. The molecule has 0 amide bonds. The maximum Gasteiger partial charge on any atom is 0.159 e. The van der Waals surface area contributed by atoms with E-state index >= 15 is 0 Å². The van der Waals surface area contributed by atoms with E-state index in [0.717, 1.165) is 29.0 Å². The molecule has 4 heteroatoms. The van der Waals surface area contributed by atoms with Gasteiger partial charge in [-0.3, -0.25) is 0 Å². The third-order valence-corrected chi connectivity index (χ3v) is 3.48. The summed E-state index contributed by atoms with van der Waals surface area (Å²) in [5, 5.41) is 8.86. The predicted molar refractivity (Wildman–Crippen MR) is 81.1 cm³/mol. The fourth-order valence-corrected chi connectivity index (χ4v) is 2.55. The molecule has 0 saturated carbocycles. The van der Waals surface area contributed by atoms with E-state index in [-0.39, 0.29) is 0 Å². The van der Waals surface area contributed by atoms with Crippen LogP contribution < -0.4 is 5.32 Å². The lowest BCUT2D eigenvalue weighted by Crippen LogP contribution is -2.13. The van der Waals surface area contributed by atoms with Gasteiger partial charge in [0.2, 0.25) is 0 Å². The molecule has 0 spiro atoms. The van der Waals surface area contributed by atoms with Crippen LogP contribution in [0.4, 0.5) is 0 Å². The Labute approximate surface area is 118 Å². The van der Waals surface area contributed by atoms with Gasteiger partial charge in [-0.1, -0.05) is 18.2 Å². The lowest BCUT2D eigenvalue weighted by Gasteiger charge is -2.13. The maximum atomic E-state index is 4.71. The van der Waals surface area contributed by atoms with Crippen molar-refractivity contribution in [3.63, 3.8) is 0 Å². The SMILES string of the molecule is CNCc1c(C)cc(C)nc1-n1ncc2ccccc21. The lowest BCUT2D eigenvalue weighted by molar-refractivity contribution is 0.771. The number of nitrogens with one attached hydrogen (secondary N) is 1. The standard InChI is InChI=1S/C16H18N4/c1-11-8-12(2)19-16(14(11)10-17-3)20-15-7-5-4-6-13(15)9-18-20/h4-9,17H,10H2,1-3H3. The molecule has 0 bridgehead atoms. The number of hydrogen-bond donors (Lipinski definition) is 1. The van der Waals surface area contributed by atoms with E-state index in [2.05, 4.69) is 35.5 Å². The van der Waals surface area contributed by atoms with Gasteiger partial charge in [0, 0.05) is 23.2 Å². The number of aromatic nitrogens is 3. The smallest absolute Gasteiger partial charge is 0.159 e. The first-order valence-electron chi connectivity index (χ1n) is 6.75. The second-order valence-corrected chi connectivity index (χ2v) is 5.03. The van der Waals surface area contributed by atoms with Gasteiger partial charge < -0.3 is 5.32 Å². The average molecular weight is 266 g/mol. The van der Waals surface area contributed by atoms with E-state index in [9.17, 15) is 0 Å². The highest BCUT2D eigenvalue weighted by molar-refractivity contribution is 5.80. The molecule has 4 nitrogen and oxygen atoms in total. The Morgan fingerprint density at radius 1 is 1.20 bits per heavy atom. The van der Waals surface area contributed by atoms with Gasteiger partial charge in [0.25, 0.3) is 0 Å². The van der Waals surface area contributed by atoms with Gasteiger partial charge >= 0.3 is 0 Å². The number of rotatable bonds is 3. The summed E-state index contributed by atoms with van der Waals surface area (Å²) >= 11 is 0. The van der Waals surface area contributed by atoms with Crippen LogP contribution in [0.2, 0.25) is 0 Å². The molecule has 102 valence electrons. The predicted octanol–water partition coefficient (Wildman–Crippen LogP) is 2.76. The number of fused-ring (bicyclic) bond motifs is 1. The van der Waals surface area contributed by atoms with Crippen LogP contribution in [-0.2, 0) is 6.54 Å². The Balaban J connectivity index is 2.28. The Morgan fingerprint density at radius 3 is 2.80 bits per heavy atom. The van der Waals surface area contributed by atoms with Crippen LogP contribution in [0, 0.1) is 13.8 Å². The van der Waals surface area contributed by atoms with E-state index in [0.29, 0.717) is 0 Å². The molecule has 3 rings (SSSR count). The van der Waals surface area contributed by atoms with Gasteiger partial charge in [0.05, 0.1) is 11.7 Å². The van der Waals surface area contributed by atoms with Crippen molar-refractivity contribution in [2.24, 2.45) is 0 Å². The zero-order valence-corrected chi connectivity index (χ0v) is 12.0. The minimum Gasteiger partial charge on any atom is -0.316 e. The second-order valence-electron chi connectivity index (χ2n) is 5.03. The topological polar surface area (TPSA) is 42.7 Å². The molecule has 0 unspecified atom stereocenters. The molecule has 0 aliphatic heterocycles. The van der Waals surface area contributed by atoms with Gasteiger partial charge in [-0.15, -0.1) is 0 Å². The molecule has 0 aliphatic carbocycles. The van der Waals surface area contributed by atoms with Crippen LogP contribution in [0.1, 0.15) is 16.8 Å². The number of aryl methyl sites for hydroxylation is 2. The van der Waals surface area contributed by atoms with Crippen molar-refractivity contribution >= 4 is 10.9 Å². The molecule has 1 aromatic carbocycles. The molecule has 2 aromatic heterocycles. The third-order valence-electron chi connectivity index (χ3n) is 3.48. The highest BCUT2D eigenvalue weighted by Crippen LogP contribution is 2.22. The van der Waals surface area contributed by atoms with Crippen molar-refractivity contribution in [3.8, 4) is 5.82 Å². The molecule has 0 saturated heterocycles. The molecule has 0 radical (unpaired) electrons. The summed E-state index contributed by atoms with van der Waals surface area (Å²) < 4.78 is 1.93. The third kappa shape index (κ3) is 2.08. The van der Waals surface area contributed by atoms with Crippen LogP contribution in [0.25, 0.3) is 16.7 Å². The van der Waals surface area contributed by atoms with Crippen molar-refractivity contribution in [2.75, 3.05) is 7.05 Å². The van der Waals surface area contributed by atoms with Gasteiger partial charge in [0.15, 0.2) is 5.82 Å². The lowest BCUT2D eigenvalue weighted by atomic mass is 10.1. The van der Waals surface area contributed by atoms with E-state index in [1.54, 1.807) is 0 Å². The highest BCUT2D eigenvalue weighted by atomic mass is 15.3. The molecular weight excluding hydrogens is 248 g/mol. The minimum atomic E-state index is 0.780. The van der Waals surface area contributed by atoms with E-state index in [1.807, 2.05) is 37.0 Å². The van der Waals surface area contributed by atoms with Gasteiger partial charge in [-0.05, 0) is 38.6 Å². The summed E-state index contributed by atoms with van der Waals surface area (Å²) in [5.41, 5.74) is 4.52. The van der Waals surface area contributed by atoms with Crippen LogP contribution >= 0.6 is 0 Å². The van der Waals surface area contributed by atoms with Gasteiger partial charge in [0.1, 0.15) is 0 Å². The molecule has 2 heterocycles. The molecule has 20 heavy (non-hydrogen) atoms. The normalized spacial score (nSPS) is 11.2. The quantitative estimate of drug-likeness (QED) is 0.792. The van der Waals surface area contributed by atoms with Crippen LogP contribution in [-0.4, -0.2) is 21.8 Å². The Morgan fingerprint density at radius 2 is 2.00 bits per heavy atom. The van der Waals surface area contributed by atoms with Crippen molar-refractivity contribution in [3.05, 3.63) is 53.3 Å². The highest BCUT2D eigenvalue weighted by Gasteiger charge is 2.13. The first kappa shape index (κ1) is 12.8. The fraction of sp³-hybridized carbons (Fsp3) is 0.250. The second kappa shape index (κ2) is 5.06. The zero-order valence-electron chi connectivity index (χ0n) is 12.0. The number of pyridine rings is 1. The van der Waals surface area contributed by atoms with Crippen molar-refractivity contribution in [2.45, 2.75) is 20.4 Å². The van der Waals surface area contributed by atoms with Gasteiger partial charge in [-0.2, -0.15) is 5.10 Å². The maximum absolute atomic E-state index is 4.71. The minimum absolute atomic E-state index is 0.780. The molecule has 3 aromatic rings. The summed E-state index contributed by atoms with van der Waals surface area (Å²) in [4.78, 5) is 4.71. The van der Waals surface area contributed by atoms with Crippen LogP contribution in [0.5, 0.6) is 0 Å². The monoisotopic (exact) mass is 266 g/mol. The summed E-state index contributed by atoms with van der Waals surface area (Å²) in [6, 6.07) is 10.3. The zero-order chi connectivity index (χ0) is 14.1. The number of hydrogen-bond acceptors (Lipinski definition) is 3. The first-order chi connectivity index (χ1) is 9.70. The van der Waals surface area contributed by atoms with Crippen LogP contribution in [0.15, 0.2) is 36.5 Å². The Hall–Kier alpha value is -2.20. The van der Waals surface area contributed by atoms with Crippen molar-refractivity contribution in [1.29, 1.82) is 0 Å². The molecule has 1 N–H and O–H groups in total. The number of benzene rings is 1. The summed E-state index contributed by atoms with van der Waals surface area (Å²) in [6.07, 6.45) is 1.89. The van der Waals surface area contributed by atoms with Crippen molar-refractivity contribution in [1.82, 2.24) is 20.1 Å². The van der Waals surface area contributed by atoms with Crippen LogP contribution in [0.3, 0.4) is 0 Å². The van der Waals surface area contributed by atoms with E-state index in [4.69, 9.17) is 4.98 Å².